The highest BCUT2D eigenvalue weighted by atomic mass is 14.9. The minimum Gasteiger partial charge on any atom is -0.310 e. The molecule has 1 N–H and O–H groups in total. The molecule has 0 spiro atoms. The molecule has 66 valence electrons. The first kappa shape index (κ1) is 8.28. The topological polar surface area (TPSA) is 35.8 Å². The zero-order valence-corrected chi connectivity index (χ0v) is 7.46. The Bertz CT molecular complexity index is 334. The van der Waals surface area contributed by atoms with E-state index in [4.69, 9.17) is 5.26 Å². The number of rotatable bonds is 3. The maximum Gasteiger partial charge on any atom is 0.0995 e. The van der Waals surface area contributed by atoms with Crippen molar-refractivity contribution in [1.82, 2.24) is 5.32 Å². The molecule has 13 heavy (non-hydrogen) atoms. The van der Waals surface area contributed by atoms with Gasteiger partial charge in [0.1, 0.15) is 0 Å². The molecule has 0 unspecified atom stereocenters. The van der Waals surface area contributed by atoms with E-state index in [0.29, 0.717) is 6.04 Å². The Morgan fingerprint density at radius 2 is 2.15 bits per heavy atom. The van der Waals surface area contributed by atoms with Crippen LogP contribution in [-0.4, -0.2) is 6.04 Å². The van der Waals surface area contributed by atoms with Crippen LogP contribution in [0.4, 0.5) is 0 Å². The van der Waals surface area contributed by atoms with E-state index in [2.05, 4.69) is 11.4 Å². The summed E-state index contributed by atoms with van der Waals surface area (Å²) in [6.07, 6.45) is 2.57. The lowest BCUT2D eigenvalue weighted by molar-refractivity contribution is 0.687. The lowest BCUT2D eigenvalue weighted by atomic mass is 10.1. The van der Waals surface area contributed by atoms with Gasteiger partial charge in [0.2, 0.25) is 0 Å². The molecule has 1 aliphatic rings. The molecule has 0 heterocycles. The number of hydrogen-bond acceptors (Lipinski definition) is 2. The van der Waals surface area contributed by atoms with E-state index >= 15 is 0 Å². The molecule has 1 aliphatic carbocycles. The third kappa shape index (κ3) is 2.07. The molecule has 0 radical (unpaired) electrons. The monoisotopic (exact) mass is 172 g/mol. The van der Waals surface area contributed by atoms with Gasteiger partial charge in [-0.3, -0.25) is 0 Å². The summed E-state index contributed by atoms with van der Waals surface area (Å²) < 4.78 is 0. The van der Waals surface area contributed by atoms with E-state index in [1.165, 1.54) is 12.8 Å². The maximum absolute atomic E-state index is 8.82. The fraction of sp³-hybridized carbons (Fsp3) is 0.364. The smallest absolute Gasteiger partial charge is 0.0995 e. The minimum absolute atomic E-state index is 0.701. The molecule has 1 aromatic rings. The predicted octanol–water partition coefficient (Wildman–Crippen LogP) is 1.81. The first-order valence-corrected chi connectivity index (χ1v) is 4.61. The molecule has 2 rings (SSSR count). The molecule has 0 saturated heterocycles. The highest BCUT2D eigenvalue weighted by Crippen LogP contribution is 2.19. The summed E-state index contributed by atoms with van der Waals surface area (Å²) in [6.45, 7) is 0.828. The number of nitriles is 1. The second-order valence-corrected chi connectivity index (χ2v) is 3.42. The highest BCUT2D eigenvalue weighted by molar-refractivity contribution is 5.37. The Morgan fingerprint density at radius 1 is 1.38 bits per heavy atom. The average Bonchev–Trinajstić information content (AvgIpc) is 2.99. The van der Waals surface area contributed by atoms with Crippen LogP contribution in [0.3, 0.4) is 0 Å². The number of hydrogen-bond donors (Lipinski definition) is 1. The van der Waals surface area contributed by atoms with E-state index in [0.717, 1.165) is 17.7 Å². The van der Waals surface area contributed by atoms with Crippen LogP contribution in [0.15, 0.2) is 24.3 Å². The summed E-state index contributed by atoms with van der Waals surface area (Å²) in [6, 6.07) is 10.7. The van der Waals surface area contributed by atoms with Gasteiger partial charge in [0.25, 0.3) is 0 Å². The number of nitrogens with one attached hydrogen (secondary N) is 1. The quantitative estimate of drug-likeness (QED) is 0.754. The first-order chi connectivity index (χ1) is 6.40. The van der Waals surface area contributed by atoms with Crippen LogP contribution in [0.1, 0.15) is 24.0 Å². The van der Waals surface area contributed by atoms with Gasteiger partial charge in [-0.2, -0.15) is 5.26 Å². The van der Waals surface area contributed by atoms with Crippen molar-refractivity contribution in [1.29, 1.82) is 5.26 Å². The molecule has 0 amide bonds. The maximum atomic E-state index is 8.82. The van der Waals surface area contributed by atoms with Crippen LogP contribution in [0, 0.1) is 11.3 Å². The van der Waals surface area contributed by atoms with E-state index in [1.54, 1.807) is 0 Å². The van der Waals surface area contributed by atoms with Gasteiger partial charge in [0.05, 0.1) is 11.6 Å². The summed E-state index contributed by atoms with van der Waals surface area (Å²) in [4.78, 5) is 0. The van der Waals surface area contributed by atoms with Crippen molar-refractivity contribution in [3.63, 3.8) is 0 Å². The van der Waals surface area contributed by atoms with Gasteiger partial charge in [0, 0.05) is 12.6 Å². The molecular weight excluding hydrogens is 160 g/mol. The normalized spacial score (nSPS) is 15.3. The Kier molecular flexibility index (Phi) is 2.29. The van der Waals surface area contributed by atoms with E-state index in [1.807, 2.05) is 24.3 Å². The largest absolute Gasteiger partial charge is 0.310 e. The molecule has 1 aromatic carbocycles. The van der Waals surface area contributed by atoms with Crippen molar-refractivity contribution < 1.29 is 0 Å². The van der Waals surface area contributed by atoms with Gasteiger partial charge in [-0.15, -0.1) is 0 Å². The Balaban J connectivity index is 2.05. The van der Waals surface area contributed by atoms with Crippen molar-refractivity contribution in [2.75, 3.05) is 0 Å². The van der Waals surface area contributed by atoms with Crippen LogP contribution in [-0.2, 0) is 6.54 Å². The lowest BCUT2D eigenvalue weighted by Gasteiger charge is -2.03. The van der Waals surface area contributed by atoms with Crippen molar-refractivity contribution in [2.45, 2.75) is 25.4 Å². The van der Waals surface area contributed by atoms with Gasteiger partial charge in [-0.05, 0) is 24.5 Å². The number of benzene rings is 1. The second-order valence-electron chi connectivity index (χ2n) is 3.42. The Labute approximate surface area is 78.2 Å². The van der Waals surface area contributed by atoms with Gasteiger partial charge in [0.15, 0.2) is 0 Å². The third-order valence-corrected chi connectivity index (χ3v) is 2.30. The number of nitrogens with zero attached hydrogens (tertiary/aromatic N) is 1. The van der Waals surface area contributed by atoms with E-state index < -0.39 is 0 Å². The van der Waals surface area contributed by atoms with Gasteiger partial charge < -0.3 is 5.32 Å². The van der Waals surface area contributed by atoms with Crippen LogP contribution < -0.4 is 5.32 Å². The summed E-state index contributed by atoms with van der Waals surface area (Å²) in [5.74, 6) is 0. The van der Waals surface area contributed by atoms with Gasteiger partial charge in [-0.1, -0.05) is 18.2 Å². The van der Waals surface area contributed by atoms with E-state index in [9.17, 15) is 0 Å². The summed E-state index contributed by atoms with van der Waals surface area (Å²) in [5.41, 5.74) is 1.90. The Hall–Kier alpha value is -1.33. The van der Waals surface area contributed by atoms with Crippen LogP contribution in [0.5, 0.6) is 0 Å². The molecule has 2 nitrogen and oxygen atoms in total. The average molecular weight is 172 g/mol. The fourth-order valence-corrected chi connectivity index (χ4v) is 1.33. The molecule has 0 atom stereocenters. The lowest BCUT2D eigenvalue weighted by Crippen LogP contribution is -2.15. The molecule has 1 saturated carbocycles. The van der Waals surface area contributed by atoms with Crippen molar-refractivity contribution in [2.24, 2.45) is 0 Å². The summed E-state index contributed by atoms with van der Waals surface area (Å²) in [5, 5.41) is 12.2. The van der Waals surface area contributed by atoms with Gasteiger partial charge >= 0.3 is 0 Å². The zero-order valence-electron chi connectivity index (χ0n) is 7.46. The van der Waals surface area contributed by atoms with Crippen LogP contribution in [0.2, 0.25) is 0 Å². The first-order valence-electron chi connectivity index (χ1n) is 4.61. The molecule has 0 bridgehead atoms. The summed E-state index contributed by atoms with van der Waals surface area (Å²) >= 11 is 0. The van der Waals surface area contributed by atoms with Crippen LogP contribution >= 0.6 is 0 Å². The molecule has 0 aliphatic heterocycles. The molecule has 2 heteroatoms. The van der Waals surface area contributed by atoms with Crippen LogP contribution in [0.25, 0.3) is 0 Å². The van der Waals surface area contributed by atoms with Crippen molar-refractivity contribution >= 4 is 0 Å². The predicted molar refractivity (Wildman–Crippen MR) is 51.0 cm³/mol. The Morgan fingerprint density at radius 3 is 2.85 bits per heavy atom. The highest BCUT2D eigenvalue weighted by Gasteiger charge is 2.20. The SMILES string of the molecule is N#Cc1ccccc1CNC1CC1. The third-order valence-electron chi connectivity index (χ3n) is 2.30. The second kappa shape index (κ2) is 3.59. The molecule has 0 aromatic heterocycles. The standard InChI is InChI=1S/C11H12N2/c12-7-9-3-1-2-4-10(9)8-13-11-5-6-11/h1-4,11,13H,5-6,8H2. The van der Waals surface area contributed by atoms with Crippen molar-refractivity contribution in [3.05, 3.63) is 35.4 Å². The fourth-order valence-electron chi connectivity index (χ4n) is 1.33. The summed E-state index contributed by atoms with van der Waals surface area (Å²) in [7, 11) is 0. The minimum atomic E-state index is 0.701. The van der Waals surface area contributed by atoms with Gasteiger partial charge in [-0.25, -0.2) is 0 Å². The van der Waals surface area contributed by atoms with Crippen molar-refractivity contribution in [3.8, 4) is 6.07 Å². The van der Waals surface area contributed by atoms with E-state index in [-0.39, 0.29) is 0 Å². The molecule has 1 fully saturated rings. The zero-order chi connectivity index (χ0) is 9.10. The molecular formula is C11H12N2.